The number of aromatic nitrogens is 2. The van der Waals surface area contributed by atoms with E-state index in [9.17, 15) is 8.42 Å². The second kappa shape index (κ2) is 8.38. The lowest BCUT2D eigenvalue weighted by Gasteiger charge is -2.26. The highest BCUT2D eigenvalue weighted by molar-refractivity contribution is 7.89. The van der Waals surface area contributed by atoms with Gasteiger partial charge in [-0.2, -0.15) is 4.31 Å². The van der Waals surface area contributed by atoms with Crippen molar-refractivity contribution in [3.8, 4) is 10.6 Å². The highest BCUT2D eigenvalue weighted by Crippen LogP contribution is 2.27. The number of hydrogen-bond acceptors (Lipinski definition) is 6. The van der Waals surface area contributed by atoms with E-state index in [0.717, 1.165) is 35.5 Å². The Morgan fingerprint density at radius 1 is 1.04 bits per heavy atom. The van der Waals surface area contributed by atoms with E-state index in [1.807, 2.05) is 35.7 Å². The van der Waals surface area contributed by atoms with Crippen molar-refractivity contribution in [2.45, 2.75) is 30.7 Å². The quantitative estimate of drug-likeness (QED) is 0.660. The van der Waals surface area contributed by atoms with Crippen LogP contribution in [0.5, 0.6) is 0 Å². The zero-order chi connectivity index (χ0) is 19.4. The summed E-state index contributed by atoms with van der Waals surface area (Å²) in [7, 11) is -3.54. The van der Waals surface area contributed by atoms with E-state index >= 15 is 0 Å². The van der Waals surface area contributed by atoms with Gasteiger partial charge in [-0.15, -0.1) is 11.3 Å². The normalized spacial score (nSPS) is 15.4. The average Bonchev–Trinajstić information content (AvgIpc) is 3.23. The monoisotopic (exact) mass is 414 g/mol. The minimum absolute atomic E-state index is 0.232. The number of nitrogens with one attached hydrogen (secondary N) is 1. The molecule has 1 aromatic carbocycles. The second-order valence-corrected chi connectivity index (χ2v) is 9.44. The molecular weight excluding hydrogens is 392 g/mol. The predicted molar refractivity (Wildman–Crippen MR) is 112 cm³/mol. The third-order valence-corrected chi connectivity index (χ3v) is 7.58. The number of pyridine rings is 1. The highest BCUT2D eigenvalue weighted by atomic mass is 32.2. The van der Waals surface area contributed by atoms with Crippen LogP contribution in [-0.4, -0.2) is 35.8 Å². The Labute approximate surface area is 169 Å². The van der Waals surface area contributed by atoms with E-state index in [2.05, 4.69) is 15.3 Å². The van der Waals surface area contributed by atoms with Gasteiger partial charge in [-0.1, -0.05) is 36.8 Å². The maximum atomic E-state index is 13.0. The molecule has 146 valence electrons. The van der Waals surface area contributed by atoms with Crippen LogP contribution in [0.15, 0.2) is 58.9 Å². The second-order valence-electron chi connectivity index (χ2n) is 6.68. The first-order chi connectivity index (χ1) is 13.6. The van der Waals surface area contributed by atoms with Crippen LogP contribution in [-0.2, 0) is 16.6 Å². The number of rotatable bonds is 6. The molecule has 0 amide bonds. The van der Waals surface area contributed by atoms with Crippen LogP contribution >= 0.6 is 11.3 Å². The van der Waals surface area contributed by atoms with Crippen molar-refractivity contribution in [1.29, 1.82) is 0 Å². The lowest BCUT2D eigenvalue weighted by atomic mass is 10.2. The molecule has 1 fully saturated rings. The Kier molecular flexibility index (Phi) is 5.70. The van der Waals surface area contributed by atoms with Gasteiger partial charge < -0.3 is 5.32 Å². The van der Waals surface area contributed by atoms with Gasteiger partial charge in [0.1, 0.15) is 15.7 Å². The number of hydrogen-bond donors (Lipinski definition) is 1. The molecule has 0 saturated carbocycles. The van der Waals surface area contributed by atoms with Crippen molar-refractivity contribution in [2.24, 2.45) is 0 Å². The Bertz CT molecular complexity index is 1030. The molecule has 0 atom stereocenters. The molecule has 1 N–H and O–H groups in total. The topological polar surface area (TPSA) is 75.2 Å². The van der Waals surface area contributed by atoms with E-state index in [4.69, 9.17) is 0 Å². The number of benzene rings is 1. The third-order valence-electron chi connectivity index (χ3n) is 4.71. The molecule has 2 aromatic heterocycles. The van der Waals surface area contributed by atoms with Crippen LogP contribution in [0.2, 0.25) is 0 Å². The van der Waals surface area contributed by atoms with Crippen LogP contribution < -0.4 is 5.32 Å². The molecule has 0 radical (unpaired) electrons. The summed E-state index contributed by atoms with van der Waals surface area (Å²) < 4.78 is 27.6. The molecule has 4 rings (SSSR count). The van der Waals surface area contributed by atoms with Gasteiger partial charge in [-0.05, 0) is 25.0 Å². The summed E-state index contributed by atoms with van der Waals surface area (Å²) in [4.78, 5) is 9.16. The van der Waals surface area contributed by atoms with Crippen LogP contribution in [0, 0.1) is 0 Å². The molecule has 0 spiro atoms. The first-order valence-electron chi connectivity index (χ1n) is 9.33. The number of sulfonamides is 1. The fourth-order valence-electron chi connectivity index (χ4n) is 3.25. The van der Waals surface area contributed by atoms with Crippen molar-refractivity contribution in [3.05, 3.63) is 59.7 Å². The van der Waals surface area contributed by atoms with Crippen molar-refractivity contribution in [2.75, 3.05) is 18.4 Å². The summed E-state index contributed by atoms with van der Waals surface area (Å²) in [6, 6.07) is 13.3. The van der Waals surface area contributed by atoms with Gasteiger partial charge in [0.2, 0.25) is 10.0 Å². The molecule has 28 heavy (non-hydrogen) atoms. The average molecular weight is 415 g/mol. The lowest BCUT2D eigenvalue weighted by Crippen LogP contribution is -2.36. The van der Waals surface area contributed by atoms with Crippen molar-refractivity contribution in [1.82, 2.24) is 14.3 Å². The van der Waals surface area contributed by atoms with E-state index in [1.165, 1.54) is 0 Å². The zero-order valence-corrected chi connectivity index (χ0v) is 17.0. The van der Waals surface area contributed by atoms with Gasteiger partial charge in [0.25, 0.3) is 0 Å². The Morgan fingerprint density at radius 2 is 1.82 bits per heavy atom. The van der Waals surface area contributed by atoms with Crippen molar-refractivity contribution < 1.29 is 8.42 Å². The van der Waals surface area contributed by atoms with E-state index in [1.54, 1.807) is 34.0 Å². The summed E-state index contributed by atoms with van der Waals surface area (Å²) >= 11 is 1.57. The largest absolute Gasteiger partial charge is 0.363 e. The Balaban J connectivity index is 1.51. The molecule has 6 nitrogen and oxygen atoms in total. The van der Waals surface area contributed by atoms with Gasteiger partial charge in [-0.25, -0.2) is 18.4 Å². The maximum absolute atomic E-state index is 13.0. The van der Waals surface area contributed by atoms with E-state index < -0.39 is 10.0 Å². The minimum Gasteiger partial charge on any atom is -0.363 e. The predicted octanol–water partition coefficient (Wildman–Crippen LogP) is 3.99. The molecule has 8 heteroatoms. The minimum atomic E-state index is -3.54. The Morgan fingerprint density at radius 3 is 2.61 bits per heavy atom. The lowest BCUT2D eigenvalue weighted by molar-refractivity contribution is 0.346. The summed E-state index contributed by atoms with van der Waals surface area (Å²) in [6.45, 7) is 1.56. The first kappa shape index (κ1) is 19.0. The van der Waals surface area contributed by atoms with Gasteiger partial charge in [0, 0.05) is 30.2 Å². The summed E-state index contributed by atoms with van der Waals surface area (Å²) in [5.74, 6) is 0.377. The van der Waals surface area contributed by atoms with Gasteiger partial charge in [0.15, 0.2) is 0 Å². The first-order valence-corrected chi connectivity index (χ1v) is 11.7. The fraction of sp³-hybridized carbons (Fsp3) is 0.300. The molecular formula is C20H22N4O2S2. The van der Waals surface area contributed by atoms with Crippen LogP contribution in [0.25, 0.3) is 10.6 Å². The fourth-order valence-corrected chi connectivity index (χ4v) is 5.71. The van der Waals surface area contributed by atoms with Crippen LogP contribution in [0.1, 0.15) is 25.0 Å². The summed E-state index contributed by atoms with van der Waals surface area (Å²) in [6.07, 6.45) is 4.50. The molecule has 0 unspecified atom stereocenters. The molecule has 0 bridgehead atoms. The van der Waals surface area contributed by atoms with E-state index in [0.29, 0.717) is 25.5 Å². The molecule has 3 aromatic rings. The highest BCUT2D eigenvalue weighted by Gasteiger charge is 2.28. The number of nitrogens with zero attached hydrogens (tertiary/aromatic N) is 3. The van der Waals surface area contributed by atoms with Crippen molar-refractivity contribution >= 4 is 27.2 Å². The van der Waals surface area contributed by atoms with Gasteiger partial charge >= 0.3 is 0 Å². The Hall–Kier alpha value is -2.29. The third kappa shape index (κ3) is 4.09. The van der Waals surface area contributed by atoms with Crippen LogP contribution in [0.4, 0.5) is 5.82 Å². The molecule has 1 aliphatic heterocycles. The standard InChI is InChI=1S/C20H22N4O2S2/c25-28(26,24-12-5-2-6-13-24)18-10-7-11-21-19(18)22-14-17-15-27-20(23-17)16-8-3-1-4-9-16/h1,3-4,7-11,15H,2,5-6,12-14H2,(H,21,22). The summed E-state index contributed by atoms with van der Waals surface area (Å²) in [5.41, 5.74) is 1.93. The maximum Gasteiger partial charge on any atom is 0.246 e. The molecule has 1 aliphatic rings. The zero-order valence-electron chi connectivity index (χ0n) is 15.4. The van der Waals surface area contributed by atoms with Crippen LogP contribution in [0.3, 0.4) is 0 Å². The van der Waals surface area contributed by atoms with Crippen molar-refractivity contribution in [3.63, 3.8) is 0 Å². The molecule has 3 heterocycles. The number of piperidine rings is 1. The number of anilines is 1. The van der Waals surface area contributed by atoms with Gasteiger partial charge in [-0.3, -0.25) is 0 Å². The summed E-state index contributed by atoms with van der Waals surface area (Å²) in [5, 5.41) is 6.09. The molecule has 1 saturated heterocycles. The van der Waals surface area contributed by atoms with Gasteiger partial charge in [0.05, 0.1) is 12.2 Å². The number of thiazole rings is 1. The smallest absolute Gasteiger partial charge is 0.246 e. The molecule has 0 aliphatic carbocycles. The van der Waals surface area contributed by atoms with E-state index in [-0.39, 0.29) is 4.90 Å². The SMILES string of the molecule is O=S(=O)(c1cccnc1NCc1csc(-c2ccccc2)n1)N1CCCCC1.